The first-order valence-electron chi connectivity index (χ1n) is 4.80. The number of nitrogens with zero attached hydrogens (tertiary/aromatic N) is 1. The van der Waals surface area contributed by atoms with Gasteiger partial charge in [-0.2, -0.15) is 22.0 Å². The summed E-state index contributed by atoms with van der Waals surface area (Å²) in [5.74, 6) is -7.80. The highest BCUT2D eigenvalue weighted by atomic mass is 19.4. The van der Waals surface area contributed by atoms with E-state index in [-0.39, 0.29) is 5.69 Å². The molecule has 0 fully saturated rings. The van der Waals surface area contributed by atoms with Crippen LogP contribution in [-0.4, -0.2) is 23.0 Å². The molecule has 0 saturated carbocycles. The van der Waals surface area contributed by atoms with Gasteiger partial charge in [0.1, 0.15) is 0 Å². The van der Waals surface area contributed by atoms with Crippen LogP contribution in [0.25, 0.3) is 0 Å². The molecule has 100 valence electrons. The lowest BCUT2D eigenvalue weighted by atomic mass is 10.2. The molecule has 3 nitrogen and oxygen atoms in total. The summed E-state index contributed by atoms with van der Waals surface area (Å²) in [4.78, 5) is 14.6. The molecular weight excluding hydrogens is 259 g/mol. The van der Waals surface area contributed by atoms with Gasteiger partial charge in [0, 0.05) is 5.69 Å². The van der Waals surface area contributed by atoms with E-state index >= 15 is 0 Å². The number of nitrogens with one attached hydrogen (secondary N) is 1. The smallest absolute Gasteiger partial charge is 0.345 e. The van der Waals surface area contributed by atoms with Gasteiger partial charge in [0.05, 0.1) is 12.2 Å². The maximum atomic E-state index is 12.5. The van der Waals surface area contributed by atoms with Crippen LogP contribution in [0.3, 0.4) is 0 Å². The van der Waals surface area contributed by atoms with Crippen LogP contribution >= 0.6 is 0 Å². The number of amides is 1. The molecule has 0 saturated heterocycles. The average Bonchev–Trinajstić information content (AvgIpc) is 2.24. The number of aryl methyl sites for hydroxylation is 1. The Bertz CT molecular complexity index is 444. The Hall–Kier alpha value is -1.73. The number of hydrogen-bond acceptors (Lipinski definition) is 2. The molecular formula is C10H9F5N2O. The van der Waals surface area contributed by atoms with Gasteiger partial charge in [0.15, 0.2) is 0 Å². The Morgan fingerprint density at radius 2 is 1.89 bits per heavy atom. The van der Waals surface area contributed by atoms with Gasteiger partial charge in [-0.1, -0.05) is 6.07 Å². The molecule has 0 aliphatic rings. The van der Waals surface area contributed by atoms with Crippen LogP contribution in [0, 0.1) is 6.92 Å². The van der Waals surface area contributed by atoms with Crippen LogP contribution < -0.4 is 5.32 Å². The monoisotopic (exact) mass is 268 g/mol. The Labute approximate surface area is 99.0 Å². The van der Waals surface area contributed by atoms with Crippen LogP contribution in [0.1, 0.15) is 11.4 Å². The number of halogens is 5. The largest absolute Gasteiger partial charge is 0.463 e. The number of alkyl halides is 5. The highest BCUT2D eigenvalue weighted by Gasteiger charge is 2.63. The third-order valence-corrected chi connectivity index (χ3v) is 2.02. The molecule has 0 aliphatic heterocycles. The first-order valence-corrected chi connectivity index (χ1v) is 4.80. The summed E-state index contributed by atoms with van der Waals surface area (Å²) in [6.07, 6.45) is -5.91. The van der Waals surface area contributed by atoms with E-state index in [0.29, 0.717) is 5.69 Å². The van der Waals surface area contributed by atoms with Crippen molar-refractivity contribution >= 4 is 5.91 Å². The lowest BCUT2D eigenvalue weighted by Gasteiger charge is -2.18. The van der Waals surface area contributed by atoms with Gasteiger partial charge in [-0.25, -0.2) is 0 Å². The first-order chi connectivity index (χ1) is 8.14. The summed E-state index contributed by atoms with van der Waals surface area (Å²) >= 11 is 0. The van der Waals surface area contributed by atoms with E-state index in [1.165, 1.54) is 11.4 Å². The topological polar surface area (TPSA) is 42.0 Å². The quantitative estimate of drug-likeness (QED) is 0.854. The predicted molar refractivity (Wildman–Crippen MR) is 51.8 cm³/mol. The summed E-state index contributed by atoms with van der Waals surface area (Å²) in [6, 6.07) is 4.57. The molecule has 0 bridgehead atoms. The molecule has 1 aromatic heterocycles. The minimum Gasteiger partial charge on any atom is -0.345 e. The second kappa shape index (κ2) is 4.87. The standard InChI is InChI=1S/C10H9F5N2O/c1-6-3-2-4-7(17-6)5-16-8(18)9(11,12)10(13,14)15/h2-4H,5H2,1H3,(H,16,18). The second-order valence-corrected chi connectivity index (χ2v) is 3.53. The molecule has 0 unspecified atom stereocenters. The summed E-state index contributed by atoms with van der Waals surface area (Å²) in [7, 11) is 0. The third kappa shape index (κ3) is 3.14. The fourth-order valence-corrected chi connectivity index (χ4v) is 1.11. The van der Waals surface area contributed by atoms with Crippen molar-refractivity contribution in [3.63, 3.8) is 0 Å². The Morgan fingerprint density at radius 1 is 1.28 bits per heavy atom. The van der Waals surface area contributed by atoms with Gasteiger partial charge < -0.3 is 5.32 Å². The number of carbonyl (C=O) groups excluding carboxylic acids is 1. The molecule has 1 rings (SSSR count). The molecule has 1 amide bonds. The van der Waals surface area contributed by atoms with Crippen LogP contribution in [0.15, 0.2) is 18.2 Å². The number of pyridine rings is 1. The predicted octanol–water partition coefficient (Wildman–Crippen LogP) is 2.20. The Kier molecular flexibility index (Phi) is 3.88. The van der Waals surface area contributed by atoms with Crippen molar-refractivity contribution in [1.29, 1.82) is 0 Å². The lowest BCUT2D eigenvalue weighted by molar-refractivity contribution is -0.269. The molecule has 18 heavy (non-hydrogen) atoms. The maximum absolute atomic E-state index is 12.5. The van der Waals surface area contributed by atoms with Gasteiger partial charge >= 0.3 is 18.0 Å². The van der Waals surface area contributed by atoms with Crippen molar-refractivity contribution in [2.45, 2.75) is 25.6 Å². The zero-order chi connectivity index (χ0) is 14.0. The molecule has 0 aliphatic carbocycles. The minimum absolute atomic E-state index is 0.196. The molecule has 0 spiro atoms. The fraction of sp³-hybridized carbons (Fsp3) is 0.400. The van der Waals surface area contributed by atoms with E-state index in [1.54, 1.807) is 19.1 Å². The summed E-state index contributed by atoms with van der Waals surface area (Å²) < 4.78 is 60.6. The SMILES string of the molecule is Cc1cccc(CNC(=O)C(F)(F)C(F)(F)F)n1. The van der Waals surface area contributed by atoms with Crippen molar-refractivity contribution in [3.05, 3.63) is 29.6 Å². The summed E-state index contributed by atoms with van der Waals surface area (Å²) in [5, 5.41) is 1.50. The Morgan fingerprint density at radius 3 is 2.39 bits per heavy atom. The Balaban J connectivity index is 2.67. The molecule has 0 atom stereocenters. The first kappa shape index (κ1) is 14.3. The van der Waals surface area contributed by atoms with Crippen LogP contribution in [-0.2, 0) is 11.3 Å². The molecule has 0 aromatic carbocycles. The normalized spacial score (nSPS) is 12.3. The van der Waals surface area contributed by atoms with Gasteiger partial charge in [-0.15, -0.1) is 0 Å². The van der Waals surface area contributed by atoms with E-state index in [0.717, 1.165) is 0 Å². The highest BCUT2D eigenvalue weighted by Crippen LogP contribution is 2.35. The van der Waals surface area contributed by atoms with Crippen molar-refractivity contribution in [3.8, 4) is 0 Å². The number of hydrogen-bond donors (Lipinski definition) is 1. The van der Waals surface area contributed by atoms with E-state index in [2.05, 4.69) is 4.98 Å². The van der Waals surface area contributed by atoms with Gasteiger partial charge in [0.25, 0.3) is 0 Å². The minimum atomic E-state index is -5.91. The van der Waals surface area contributed by atoms with Gasteiger partial charge in [-0.3, -0.25) is 9.78 Å². The number of aromatic nitrogens is 1. The molecule has 1 aromatic rings. The lowest BCUT2D eigenvalue weighted by Crippen LogP contribution is -2.50. The fourth-order valence-electron chi connectivity index (χ4n) is 1.11. The number of rotatable bonds is 3. The van der Waals surface area contributed by atoms with Crippen molar-refractivity contribution in [1.82, 2.24) is 10.3 Å². The zero-order valence-corrected chi connectivity index (χ0v) is 9.18. The van der Waals surface area contributed by atoms with Crippen molar-refractivity contribution < 1.29 is 26.7 Å². The second-order valence-electron chi connectivity index (χ2n) is 3.53. The van der Waals surface area contributed by atoms with Crippen LogP contribution in [0.4, 0.5) is 22.0 Å². The van der Waals surface area contributed by atoms with E-state index in [4.69, 9.17) is 0 Å². The average molecular weight is 268 g/mol. The highest BCUT2D eigenvalue weighted by molar-refractivity contribution is 5.84. The van der Waals surface area contributed by atoms with E-state index < -0.39 is 24.6 Å². The van der Waals surface area contributed by atoms with E-state index in [9.17, 15) is 26.7 Å². The van der Waals surface area contributed by atoms with Gasteiger partial charge in [0.2, 0.25) is 0 Å². The molecule has 1 N–H and O–H groups in total. The molecule has 8 heteroatoms. The van der Waals surface area contributed by atoms with Crippen LogP contribution in [0.5, 0.6) is 0 Å². The van der Waals surface area contributed by atoms with Gasteiger partial charge in [-0.05, 0) is 19.1 Å². The summed E-state index contributed by atoms with van der Waals surface area (Å²) in [5.41, 5.74) is 0.755. The van der Waals surface area contributed by atoms with E-state index in [1.807, 2.05) is 0 Å². The van der Waals surface area contributed by atoms with Crippen molar-refractivity contribution in [2.24, 2.45) is 0 Å². The van der Waals surface area contributed by atoms with Crippen molar-refractivity contribution in [2.75, 3.05) is 0 Å². The van der Waals surface area contributed by atoms with Crippen LogP contribution in [0.2, 0.25) is 0 Å². The third-order valence-electron chi connectivity index (χ3n) is 2.02. The summed E-state index contributed by atoms with van der Waals surface area (Å²) in [6.45, 7) is 1.13. The maximum Gasteiger partial charge on any atom is 0.463 e. The molecule has 1 heterocycles. The number of carbonyl (C=O) groups is 1. The molecule has 0 radical (unpaired) electrons. The zero-order valence-electron chi connectivity index (χ0n) is 9.18.